The van der Waals surface area contributed by atoms with Gasteiger partial charge in [0.1, 0.15) is 5.75 Å². The number of benzene rings is 1. The Kier molecular flexibility index (Phi) is 4.68. The summed E-state index contributed by atoms with van der Waals surface area (Å²) in [7, 11) is 3.60. The standard InChI is InChI=1S/C20H24N4O2/c1-13-7-16(11-22-10-13)15-5-6-18-17(8-15)20(12-25,9-14(2)26-18)23-19(21)24(3)4/h5-8,10-12,14H,9H2,1-4H3,(H2,21,23)/t14?,20-/m0/s1. The van der Waals surface area contributed by atoms with E-state index < -0.39 is 5.54 Å². The smallest absolute Gasteiger partial charge is 0.192 e. The van der Waals surface area contributed by atoms with Crippen LogP contribution in [0, 0.1) is 6.92 Å². The average molecular weight is 352 g/mol. The minimum Gasteiger partial charge on any atom is -0.490 e. The second-order valence-corrected chi connectivity index (χ2v) is 7.00. The highest BCUT2D eigenvalue weighted by Gasteiger charge is 2.41. The summed E-state index contributed by atoms with van der Waals surface area (Å²) < 4.78 is 5.95. The van der Waals surface area contributed by atoms with Crippen molar-refractivity contribution in [3.63, 3.8) is 0 Å². The van der Waals surface area contributed by atoms with E-state index in [9.17, 15) is 4.79 Å². The predicted molar refractivity (Wildman–Crippen MR) is 102 cm³/mol. The van der Waals surface area contributed by atoms with Gasteiger partial charge in [-0.1, -0.05) is 6.07 Å². The molecular formula is C20H24N4O2. The quantitative estimate of drug-likeness (QED) is 0.521. The number of ether oxygens (including phenoxy) is 1. The molecule has 1 unspecified atom stereocenters. The Balaban J connectivity index is 2.18. The van der Waals surface area contributed by atoms with Crippen LogP contribution in [0.1, 0.15) is 24.5 Å². The lowest BCUT2D eigenvalue weighted by molar-refractivity contribution is -0.114. The zero-order chi connectivity index (χ0) is 18.9. The molecule has 136 valence electrons. The number of nitrogens with two attached hydrogens (primary N) is 1. The van der Waals surface area contributed by atoms with Crippen LogP contribution in [0.25, 0.3) is 11.1 Å². The molecule has 0 spiro atoms. The fourth-order valence-corrected chi connectivity index (χ4v) is 3.22. The molecule has 6 heteroatoms. The van der Waals surface area contributed by atoms with Crippen LogP contribution in [0.2, 0.25) is 0 Å². The van der Waals surface area contributed by atoms with E-state index in [1.165, 1.54) is 0 Å². The Bertz CT molecular complexity index is 863. The normalized spacial score (nSPS) is 22.3. The fraction of sp³-hybridized carbons (Fsp3) is 0.350. The molecule has 0 saturated carbocycles. The SMILES string of the molecule is Cc1cncc(-c2ccc3c(c2)[C@](C=O)(N=C(N)N(C)C)CC(C)O3)c1. The first kappa shape index (κ1) is 17.9. The molecule has 1 aromatic carbocycles. The van der Waals surface area contributed by atoms with E-state index in [1.807, 2.05) is 38.2 Å². The number of nitrogens with zero attached hydrogens (tertiary/aromatic N) is 3. The number of hydrogen-bond donors (Lipinski definition) is 1. The van der Waals surface area contributed by atoms with Crippen LogP contribution in [0.15, 0.2) is 41.7 Å². The predicted octanol–water partition coefficient (Wildman–Crippen LogP) is 2.50. The molecule has 0 bridgehead atoms. The zero-order valence-corrected chi connectivity index (χ0v) is 15.6. The fourth-order valence-electron chi connectivity index (χ4n) is 3.22. The van der Waals surface area contributed by atoms with Gasteiger partial charge in [0, 0.05) is 44.0 Å². The van der Waals surface area contributed by atoms with Crippen molar-refractivity contribution >= 4 is 12.2 Å². The van der Waals surface area contributed by atoms with Crippen LogP contribution in [0.5, 0.6) is 5.75 Å². The maximum absolute atomic E-state index is 12.2. The first-order valence-electron chi connectivity index (χ1n) is 8.57. The van der Waals surface area contributed by atoms with Crippen molar-refractivity contribution in [1.29, 1.82) is 0 Å². The molecule has 2 heterocycles. The summed E-state index contributed by atoms with van der Waals surface area (Å²) in [5.41, 5.74) is 8.73. The minimum absolute atomic E-state index is 0.141. The summed E-state index contributed by atoms with van der Waals surface area (Å²) in [6.45, 7) is 3.93. The first-order chi connectivity index (χ1) is 12.3. The van der Waals surface area contributed by atoms with Crippen molar-refractivity contribution in [2.45, 2.75) is 31.9 Å². The van der Waals surface area contributed by atoms with Gasteiger partial charge in [0.05, 0.1) is 6.10 Å². The second-order valence-electron chi connectivity index (χ2n) is 7.00. The van der Waals surface area contributed by atoms with Gasteiger partial charge in [0.2, 0.25) is 0 Å². The third-order valence-electron chi connectivity index (χ3n) is 4.55. The minimum atomic E-state index is -1.06. The Morgan fingerprint density at radius 1 is 1.35 bits per heavy atom. The summed E-state index contributed by atoms with van der Waals surface area (Å²) >= 11 is 0. The van der Waals surface area contributed by atoms with Gasteiger partial charge >= 0.3 is 0 Å². The molecule has 0 fully saturated rings. The van der Waals surface area contributed by atoms with Crippen molar-refractivity contribution in [3.05, 3.63) is 47.8 Å². The van der Waals surface area contributed by atoms with E-state index in [1.54, 1.807) is 25.2 Å². The number of aromatic nitrogens is 1. The van der Waals surface area contributed by atoms with Crippen LogP contribution in [0.3, 0.4) is 0 Å². The number of carbonyl (C=O) groups excluding carboxylic acids is 1. The molecule has 1 aromatic heterocycles. The lowest BCUT2D eigenvalue weighted by Crippen LogP contribution is -2.41. The van der Waals surface area contributed by atoms with Crippen LogP contribution in [-0.4, -0.2) is 42.3 Å². The Hall–Kier alpha value is -2.89. The number of carbonyl (C=O) groups is 1. The molecule has 0 amide bonds. The highest BCUT2D eigenvalue weighted by atomic mass is 16.5. The van der Waals surface area contributed by atoms with Gasteiger partial charge in [0.25, 0.3) is 0 Å². The summed E-state index contributed by atoms with van der Waals surface area (Å²) in [6, 6.07) is 7.88. The number of aliphatic imine (C=N–C) groups is 1. The molecule has 6 nitrogen and oxygen atoms in total. The molecule has 1 aliphatic rings. The van der Waals surface area contributed by atoms with Crippen molar-refractivity contribution < 1.29 is 9.53 Å². The molecule has 26 heavy (non-hydrogen) atoms. The van der Waals surface area contributed by atoms with Crippen LogP contribution in [0.4, 0.5) is 0 Å². The zero-order valence-electron chi connectivity index (χ0n) is 15.6. The average Bonchev–Trinajstić information content (AvgIpc) is 2.61. The van der Waals surface area contributed by atoms with Crippen LogP contribution in [-0.2, 0) is 10.3 Å². The molecule has 3 rings (SSSR count). The van der Waals surface area contributed by atoms with Crippen LogP contribution < -0.4 is 10.5 Å². The molecule has 0 saturated heterocycles. The summed E-state index contributed by atoms with van der Waals surface area (Å²) in [5, 5.41) is 0. The Labute approximate surface area is 153 Å². The topological polar surface area (TPSA) is 80.8 Å². The van der Waals surface area contributed by atoms with E-state index in [-0.39, 0.29) is 6.10 Å². The van der Waals surface area contributed by atoms with Crippen molar-refractivity contribution in [3.8, 4) is 16.9 Å². The van der Waals surface area contributed by atoms with Crippen molar-refractivity contribution in [2.24, 2.45) is 10.7 Å². The number of fused-ring (bicyclic) bond motifs is 1. The van der Waals surface area contributed by atoms with E-state index in [4.69, 9.17) is 10.5 Å². The molecule has 2 N–H and O–H groups in total. The van der Waals surface area contributed by atoms with E-state index >= 15 is 0 Å². The number of aldehydes is 1. The number of rotatable bonds is 3. The van der Waals surface area contributed by atoms with Gasteiger partial charge in [-0.25, -0.2) is 4.99 Å². The molecule has 2 atom stereocenters. The Morgan fingerprint density at radius 2 is 2.12 bits per heavy atom. The highest BCUT2D eigenvalue weighted by molar-refractivity contribution is 5.83. The van der Waals surface area contributed by atoms with Gasteiger partial charge < -0.3 is 20.2 Å². The van der Waals surface area contributed by atoms with Crippen molar-refractivity contribution in [2.75, 3.05) is 14.1 Å². The summed E-state index contributed by atoms with van der Waals surface area (Å²) in [5.74, 6) is 0.968. The number of aryl methyl sites for hydroxylation is 1. The van der Waals surface area contributed by atoms with Gasteiger partial charge in [-0.05, 0) is 43.2 Å². The third-order valence-corrected chi connectivity index (χ3v) is 4.55. The second kappa shape index (κ2) is 6.78. The molecule has 0 aliphatic carbocycles. The molecule has 2 aromatic rings. The van der Waals surface area contributed by atoms with E-state index in [0.29, 0.717) is 18.1 Å². The van der Waals surface area contributed by atoms with Crippen LogP contribution >= 0.6 is 0 Å². The largest absolute Gasteiger partial charge is 0.490 e. The van der Waals surface area contributed by atoms with Gasteiger partial charge in [-0.15, -0.1) is 0 Å². The maximum atomic E-state index is 12.2. The highest BCUT2D eigenvalue weighted by Crippen LogP contribution is 2.43. The number of pyridine rings is 1. The summed E-state index contributed by atoms with van der Waals surface area (Å²) in [6.07, 6.45) is 4.79. The Morgan fingerprint density at radius 3 is 2.77 bits per heavy atom. The molecule has 0 radical (unpaired) electrons. The molecule has 1 aliphatic heterocycles. The number of hydrogen-bond acceptors (Lipinski definition) is 4. The van der Waals surface area contributed by atoms with Gasteiger partial charge in [-0.2, -0.15) is 0 Å². The first-order valence-corrected chi connectivity index (χ1v) is 8.57. The lowest BCUT2D eigenvalue weighted by Gasteiger charge is -2.36. The van der Waals surface area contributed by atoms with E-state index in [0.717, 1.165) is 28.5 Å². The summed E-state index contributed by atoms with van der Waals surface area (Å²) in [4.78, 5) is 22.7. The number of guanidine groups is 1. The van der Waals surface area contributed by atoms with Gasteiger partial charge in [0.15, 0.2) is 17.8 Å². The third kappa shape index (κ3) is 3.27. The lowest BCUT2D eigenvalue weighted by atomic mass is 9.82. The van der Waals surface area contributed by atoms with Gasteiger partial charge in [-0.3, -0.25) is 4.98 Å². The monoisotopic (exact) mass is 352 g/mol. The maximum Gasteiger partial charge on any atom is 0.192 e. The van der Waals surface area contributed by atoms with Crippen molar-refractivity contribution in [1.82, 2.24) is 9.88 Å². The van der Waals surface area contributed by atoms with E-state index in [2.05, 4.69) is 16.0 Å². The molecular weight excluding hydrogens is 328 g/mol.